The third-order valence-corrected chi connectivity index (χ3v) is 7.54. The quantitative estimate of drug-likeness (QED) is 0.631. The molecule has 5 nitrogen and oxygen atoms in total. The van der Waals surface area contributed by atoms with Crippen molar-refractivity contribution in [1.82, 2.24) is 15.1 Å². The van der Waals surface area contributed by atoms with Crippen molar-refractivity contribution >= 4 is 5.91 Å². The third kappa shape index (κ3) is 5.24. The minimum absolute atomic E-state index is 0.165. The van der Waals surface area contributed by atoms with Gasteiger partial charge < -0.3 is 10.1 Å². The van der Waals surface area contributed by atoms with E-state index < -0.39 is 0 Å². The Hall–Kier alpha value is -1.43. The van der Waals surface area contributed by atoms with Gasteiger partial charge in [0.15, 0.2) is 0 Å². The molecule has 0 unspecified atom stereocenters. The van der Waals surface area contributed by atoms with Crippen LogP contribution < -0.4 is 5.32 Å². The Bertz CT molecular complexity index is 666. The van der Waals surface area contributed by atoms with Crippen molar-refractivity contribution in [3.63, 3.8) is 0 Å². The maximum atomic E-state index is 12.2. The fourth-order valence-corrected chi connectivity index (χ4v) is 6.33. The van der Waals surface area contributed by atoms with E-state index in [-0.39, 0.29) is 5.91 Å². The molecule has 30 heavy (non-hydrogen) atoms. The highest BCUT2D eigenvalue weighted by molar-refractivity contribution is 5.75. The number of carbonyl (C=O) groups is 1. The topological polar surface area (TPSA) is 44.8 Å². The van der Waals surface area contributed by atoms with Crippen LogP contribution in [0.5, 0.6) is 0 Å². The van der Waals surface area contributed by atoms with Crippen molar-refractivity contribution in [3.8, 4) is 0 Å². The number of hydrogen-bond acceptors (Lipinski definition) is 4. The van der Waals surface area contributed by atoms with Crippen LogP contribution in [0.1, 0.15) is 50.5 Å². The number of piperidine rings is 3. The van der Waals surface area contributed by atoms with Gasteiger partial charge >= 0.3 is 0 Å². The summed E-state index contributed by atoms with van der Waals surface area (Å²) < 4.78 is 5.03. The molecule has 1 amide bonds. The second-order valence-corrected chi connectivity index (χ2v) is 9.45. The number of amides is 1. The second kappa shape index (κ2) is 10.7. The van der Waals surface area contributed by atoms with E-state index in [4.69, 9.17) is 4.74 Å². The monoisotopic (exact) mass is 413 g/mol. The van der Waals surface area contributed by atoms with Gasteiger partial charge in [0.2, 0.25) is 5.91 Å². The smallest absolute Gasteiger partial charge is 0.220 e. The first-order valence-corrected chi connectivity index (χ1v) is 12.0. The van der Waals surface area contributed by atoms with Crippen molar-refractivity contribution in [2.24, 2.45) is 11.8 Å². The number of likely N-dealkylation sites (tertiary alicyclic amines) is 1. The number of hydrogen-bond donors (Lipinski definition) is 1. The Morgan fingerprint density at radius 3 is 2.77 bits per heavy atom. The van der Waals surface area contributed by atoms with E-state index in [1.807, 2.05) is 0 Å². The first-order chi connectivity index (χ1) is 14.8. The van der Waals surface area contributed by atoms with Gasteiger partial charge in [-0.15, -0.1) is 0 Å². The van der Waals surface area contributed by atoms with E-state index in [0.717, 1.165) is 37.3 Å². The summed E-state index contributed by atoms with van der Waals surface area (Å²) in [4.78, 5) is 17.8. The second-order valence-electron chi connectivity index (χ2n) is 9.45. The molecule has 3 aliphatic heterocycles. The number of rotatable bonds is 9. The lowest BCUT2D eigenvalue weighted by atomic mass is 9.69. The molecular formula is C25H39N3O2. The Balaban J connectivity index is 1.42. The maximum absolute atomic E-state index is 12.2. The van der Waals surface area contributed by atoms with Gasteiger partial charge in [0.25, 0.3) is 0 Å². The summed E-state index contributed by atoms with van der Waals surface area (Å²) in [5.74, 6) is 1.75. The summed E-state index contributed by atoms with van der Waals surface area (Å²) in [6, 6.07) is 12.3. The predicted octanol–water partition coefficient (Wildman–Crippen LogP) is 3.29. The molecule has 166 valence electrons. The SMILES string of the molecule is COCCNC(=O)CCC[C@@H]1[C@H]2CCCN3CCC[C@@H](CN1Cc1ccccc1)[C@@H]23. The highest BCUT2D eigenvalue weighted by atomic mass is 16.5. The standard InChI is InChI=1S/C25H39N3O2/c1-30-17-14-26-24(29)13-5-12-23-22-11-7-16-27-15-6-10-21(25(22)27)19-28(23)18-20-8-3-2-4-9-20/h2-4,8-9,21-23,25H,5-7,10-19H2,1H3,(H,26,29)/t21-,22+,23+,25-/m0/s1. The molecule has 3 heterocycles. The number of ether oxygens (including phenoxy) is 1. The summed E-state index contributed by atoms with van der Waals surface area (Å²) in [5, 5.41) is 2.98. The molecule has 1 N–H and O–H groups in total. The lowest BCUT2D eigenvalue weighted by Gasteiger charge is -2.57. The summed E-state index contributed by atoms with van der Waals surface area (Å²) in [6.45, 7) is 6.05. The lowest BCUT2D eigenvalue weighted by Crippen LogP contribution is -2.64. The summed E-state index contributed by atoms with van der Waals surface area (Å²) >= 11 is 0. The normalized spacial score (nSPS) is 29.4. The van der Waals surface area contributed by atoms with Crippen molar-refractivity contribution in [3.05, 3.63) is 35.9 Å². The Morgan fingerprint density at radius 1 is 1.17 bits per heavy atom. The van der Waals surface area contributed by atoms with Crippen LogP contribution in [0.25, 0.3) is 0 Å². The van der Waals surface area contributed by atoms with Crippen LogP contribution in [-0.4, -0.2) is 67.7 Å². The molecule has 0 bridgehead atoms. The number of benzene rings is 1. The van der Waals surface area contributed by atoms with Gasteiger partial charge in [-0.25, -0.2) is 0 Å². The summed E-state index contributed by atoms with van der Waals surface area (Å²) in [6.07, 6.45) is 8.17. The first kappa shape index (κ1) is 21.8. The molecule has 3 fully saturated rings. The molecule has 5 heteroatoms. The van der Waals surface area contributed by atoms with Crippen LogP contribution in [0.2, 0.25) is 0 Å². The minimum atomic E-state index is 0.165. The molecule has 3 aliphatic rings. The van der Waals surface area contributed by atoms with Crippen molar-refractivity contribution in [2.45, 2.75) is 63.6 Å². The number of nitrogens with one attached hydrogen (secondary N) is 1. The van der Waals surface area contributed by atoms with Crippen LogP contribution in [0.15, 0.2) is 30.3 Å². The average molecular weight is 414 g/mol. The van der Waals surface area contributed by atoms with E-state index in [2.05, 4.69) is 45.4 Å². The highest BCUT2D eigenvalue weighted by Crippen LogP contribution is 2.43. The molecule has 4 rings (SSSR count). The van der Waals surface area contributed by atoms with E-state index in [0.29, 0.717) is 25.6 Å². The molecule has 0 aromatic heterocycles. The van der Waals surface area contributed by atoms with Crippen molar-refractivity contribution in [1.29, 1.82) is 0 Å². The van der Waals surface area contributed by atoms with E-state index in [1.54, 1.807) is 7.11 Å². The Kier molecular flexibility index (Phi) is 7.80. The zero-order valence-electron chi connectivity index (χ0n) is 18.6. The predicted molar refractivity (Wildman–Crippen MR) is 120 cm³/mol. The molecule has 1 aromatic carbocycles. The van der Waals surface area contributed by atoms with Gasteiger partial charge in [-0.05, 0) is 69.0 Å². The number of nitrogens with zero attached hydrogens (tertiary/aromatic N) is 2. The largest absolute Gasteiger partial charge is 0.383 e. The molecule has 0 spiro atoms. The van der Waals surface area contributed by atoms with Crippen LogP contribution >= 0.6 is 0 Å². The Morgan fingerprint density at radius 2 is 1.97 bits per heavy atom. The van der Waals surface area contributed by atoms with Gasteiger partial charge in [0.1, 0.15) is 0 Å². The Labute approximate surface area is 182 Å². The number of carbonyl (C=O) groups excluding carboxylic acids is 1. The molecule has 1 aromatic rings. The van der Waals surface area contributed by atoms with E-state index in [1.165, 1.54) is 50.9 Å². The molecule has 0 radical (unpaired) electrons. The van der Waals surface area contributed by atoms with E-state index >= 15 is 0 Å². The van der Waals surface area contributed by atoms with Crippen molar-refractivity contribution in [2.75, 3.05) is 39.9 Å². The lowest BCUT2D eigenvalue weighted by molar-refractivity contribution is -0.121. The van der Waals surface area contributed by atoms with Gasteiger partial charge in [0, 0.05) is 45.2 Å². The molecular weight excluding hydrogens is 374 g/mol. The zero-order chi connectivity index (χ0) is 20.8. The summed E-state index contributed by atoms with van der Waals surface area (Å²) in [5.41, 5.74) is 1.42. The van der Waals surface area contributed by atoms with Crippen LogP contribution in [0, 0.1) is 11.8 Å². The average Bonchev–Trinajstić information content (AvgIpc) is 2.77. The summed E-state index contributed by atoms with van der Waals surface area (Å²) in [7, 11) is 1.67. The van der Waals surface area contributed by atoms with Gasteiger partial charge in [0.05, 0.1) is 6.61 Å². The maximum Gasteiger partial charge on any atom is 0.220 e. The highest BCUT2D eigenvalue weighted by Gasteiger charge is 2.48. The van der Waals surface area contributed by atoms with Crippen LogP contribution in [0.4, 0.5) is 0 Å². The first-order valence-electron chi connectivity index (χ1n) is 12.0. The van der Waals surface area contributed by atoms with E-state index in [9.17, 15) is 4.79 Å². The number of methoxy groups -OCH3 is 1. The molecule has 4 atom stereocenters. The fraction of sp³-hybridized carbons (Fsp3) is 0.720. The van der Waals surface area contributed by atoms with Crippen LogP contribution in [0.3, 0.4) is 0 Å². The van der Waals surface area contributed by atoms with Gasteiger partial charge in [-0.1, -0.05) is 30.3 Å². The van der Waals surface area contributed by atoms with Crippen LogP contribution in [-0.2, 0) is 16.1 Å². The van der Waals surface area contributed by atoms with Crippen molar-refractivity contribution < 1.29 is 9.53 Å². The fourth-order valence-electron chi connectivity index (χ4n) is 6.33. The molecule has 3 saturated heterocycles. The van der Waals surface area contributed by atoms with Gasteiger partial charge in [-0.3, -0.25) is 14.6 Å². The molecule has 0 saturated carbocycles. The molecule has 0 aliphatic carbocycles. The zero-order valence-corrected chi connectivity index (χ0v) is 18.6. The minimum Gasteiger partial charge on any atom is -0.383 e. The van der Waals surface area contributed by atoms with Gasteiger partial charge in [-0.2, -0.15) is 0 Å². The third-order valence-electron chi connectivity index (χ3n) is 7.54.